The fourth-order valence-corrected chi connectivity index (χ4v) is 1.84. The van der Waals surface area contributed by atoms with Crippen molar-refractivity contribution in [2.24, 2.45) is 0 Å². The topological polar surface area (TPSA) is 9.23 Å². The summed E-state index contributed by atoms with van der Waals surface area (Å²) in [5.74, 6) is 1.57. The van der Waals surface area contributed by atoms with Gasteiger partial charge in [0.2, 0.25) is 0 Å². The summed E-state index contributed by atoms with van der Waals surface area (Å²) in [4.78, 5) is 0. The Morgan fingerprint density at radius 3 is 2.53 bits per heavy atom. The van der Waals surface area contributed by atoms with Crippen LogP contribution in [0.2, 0.25) is 5.02 Å². The van der Waals surface area contributed by atoms with Crippen LogP contribution in [0.1, 0.15) is 0 Å². The van der Waals surface area contributed by atoms with Crippen LogP contribution in [0, 0.1) is 0 Å². The summed E-state index contributed by atoms with van der Waals surface area (Å²) in [5, 5.41) is 2.83. The maximum absolute atomic E-state index is 6.09. The minimum absolute atomic E-state index is 0.606. The molecule has 0 atom stereocenters. The van der Waals surface area contributed by atoms with E-state index in [0.717, 1.165) is 21.5 Å². The lowest BCUT2D eigenvalue weighted by Gasteiger charge is -2.08. The van der Waals surface area contributed by atoms with Gasteiger partial charge in [-0.2, -0.15) is 12.6 Å². The molecule has 0 amide bonds. The van der Waals surface area contributed by atoms with E-state index in [1.165, 1.54) is 0 Å². The number of rotatable bonds is 3. The molecule has 0 unspecified atom stereocenters. The van der Waals surface area contributed by atoms with Crippen LogP contribution in [0.5, 0.6) is 5.75 Å². The first-order valence-electron chi connectivity index (χ1n) is 4.74. The molecule has 0 bridgehead atoms. The third-order valence-electron chi connectivity index (χ3n) is 2.18. The minimum atomic E-state index is 0.606. The van der Waals surface area contributed by atoms with Crippen LogP contribution < -0.4 is 4.74 Å². The van der Waals surface area contributed by atoms with Gasteiger partial charge in [0.15, 0.2) is 0 Å². The first-order chi connectivity index (χ1) is 7.33. The molecule has 1 nitrogen and oxygen atoms in total. The molecule has 2 aromatic rings. The fraction of sp³-hybridized carbons (Fsp3) is 0.167. The van der Waals surface area contributed by atoms with Crippen molar-refractivity contribution in [2.75, 3.05) is 12.4 Å². The molecule has 0 N–H and O–H groups in total. The average Bonchev–Trinajstić information content (AvgIpc) is 2.29. The van der Waals surface area contributed by atoms with Crippen LogP contribution in [0.15, 0.2) is 36.4 Å². The molecule has 0 aliphatic heterocycles. The van der Waals surface area contributed by atoms with Gasteiger partial charge in [0.1, 0.15) is 5.75 Å². The van der Waals surface area contributed by atoms with E-state index in [4.69, 9.17) is 16.3 Å². The number of fused-ring (bicyclic) bond motifs is 1. The standard InChI is InChI=1S/C12H11ClOS/c13-11-5-6-12(14-7-8-15)10-4-2-1-3-9(10)11/h1-6,15H,7-8H2. The molecule has 0 saturated heterocycles. The molecule has 3 heteroatoms. The number of halogens is 1. The Hall–Kier alpha value is -0.860. The number of hydrogen-bond donors (Lipinski definition) is 1. The maximum atomic E-state index is 6.09. The lowest BCUT2D eigenvalue weighted by atomic mass is 10.1. The second kappa shape index (κ2) is 4.77. The number of thiol groups is 1. The van der Waals surface area contributed by atoms with Crippen LogP contribution in [-0.2, 0) is 0 Å². The second-order valence-electron chi connectivity index (χ2n) is 3.16. The Morgan fingerprint density at radius 1 is 1.07 bits per heavy atom. The van der Waals surface area contributed by atoms with Crippen LogP contribution in [-0.4, -0.2) is 12.4 Å². The number of ether oxygens (including phenoxy) is 1. The van der Waals surface area contributed by atoms with E-state index in [9.17, 15) is 0 Å². The molecule has 0 aliphatic rings. The zero-order valence-electron chi connectivity index (χ0n) is 8.11. The molecule has 0 aliphatic carbocycles. The van der Waals surface area contributed by atoms with Gasteiger partial charge in [-0.1, -0.05) is 35.9 Å². The van der Waals surface area contributed by atoms with Gasteiger partial charge in [-0.25, -0.2) is 0 Å². The van der Waals surface area contributed by atoms with E-state index in [1.807, 2.05) is 36.4 Å². The highest BCUT2D eigenvalue weighted by Gasteiger charge is 2.04. The highest BCUT2D eigenvalue weighted by Crippen LogP contribution is 2.31. The fourth-order valence-electron chi connectivity index (χ4n) is 1.52. The number of hydrogen-bond acceptors (Lipinski definition) is 2. The van der Waals surface area contributed by atoms with Crippen LogP contribution >= 0.6 is 24.2 Å². The monoisotopic (exact) mass is 238 g/mol. The molecule has 0 aromatic heterocycles. The van der Waals surface area contributed by atoms with Crippen LogP contribution in [0.3, 0.4) is 0 Å². The van der Waals surface area contributed by atoms with Crippen molar-refractivity contribution in [3.63, 3.8) is 0 Å². The molecule has 0 heterocycles. The number of benzene rings is 2. The van der Waals surface area contributed by atoms with E-state index < -0.39 is 0 Å². The van der Waals surface area contributed by atoms with Gasteiger partial charge in [0, 0.05) is 21.5 Å². The molecule has 0 spiro atoms. The average molecular weight is 239 g/mol. The Bertz CT molecular complexity index is 470. The SMILES string of the molecule is SCCOc1ccc(Cl)c2ccccc12. The molecule has 2 rings (SSSR count). The Kier molecular flexibility index (Phi) is 3.39. The summed E-state index contributed by atoms with van der Waals surface area (Å²) in [7, 11) is 0. The molecule has 0 fully saturated rings. The largest absolute Gasteiger partial charge is 0.492 e. The van der Waals surface area contributed by atoms with Crippen molar-refractivity contribution in [1.29, 1.82) is 0 Å². The normalized spacial score (nSPS) is 10.5. The van der Waals surface area contributed by atoms with Crippen molar-refractivity contribution in [3.05, 3.63) is 41.4 Å². The predicted molar refractivity (Wildman–Crippen MR) is 68.3 cm³/mol. The molecular formula is C12H11ClOS. The Balaban J connectivity index is 2.51. The molecule has 0 saturated carbocycles. The first kappa shape index (κ1) is 10.7. The molecule has 2 aromatic carbocycles. The third kappa shape index (κ3) is 2.21. The molecule has 15 heavy (non-hydrogen) atoms. The molecule has 78 valence electrons. The van der Waals surface area contributed by atoms with Gasteiger partial charge in [0.05, 0.1) is 6.61 Å². The quantitative estimate of drug-likeness (QED) is 0.801. The summed E-state index contributed by atoms with van der Waals surface area (Å²) in [6.07, 6.45) is 0. The second-order valence-corrected chi connectivity index (χ2v) is 4.02. The lowest BCUT2D eigenvalue weighted by Crippen LogP contribution is -1.98. The first-order valence-corrected chi connectivity index (χ1v) is 5.75. The van der Waals surface area contributed by atoms with E-state index in [2.05, 4.69) is 12.6 Å². The minimum Gasteiger partial charge on any atom is -0.492 e. The summed E-state index contributed by atoms with van der Waals surface area (Å²) in [6, 6.07) is 11.7. The zero-order chi connectivity index (χ0) is 10.7. The molecule has 0 radical (unpaired) electrons. The van der Waals surface area contributed by atoms with E-state index >= 15 is 0 Å². The Morgan fingerprint density at radius 2 is 1.80 bits per heavy atom. The van der Waals surface area contributed by atoms with Crippen molar-refractivity contribution in [1.82, 2.24) is 0 Å². The third-order valence-corrected chi connectivity index (χ3v) is 2.69. The predicted octanol–water partition coefficient (Wildman–Crippen LogP) is 3.80. The van der Waals surface area contributed by atoms with Crippen LogP contribution in [0.25, 0.3) is 10.8 Å². The van der Waals surface area contributed by atoms with E-state index in [1.54, 1.807) is 0 Å². The van der Waals surface area contributed by atoms with Gasteiger partial charge < -0.3 is 4.74 Å². The zero-order valence-corrected chi connectivity index (χ0v) is 9.76. The van der Waals surface area contributed by atoms with Crippen molar-refractivity contribution in [2.45, 2.75) is 0 Å². The van der Waals surface area contributed by atoms with Gasteiger partial charge in [-0.15, -0.1) is 0 Å². The van der Waals surface area contributed by atoms with Crippen molar-refractivity contribution in [3.8, 4) is 5.75 Å². The maximum Gasteiger partial charge on any atom is 0.127 e. The highest BCUT2D eigenvalue weighted by atomic mass is 35.5. The van der Waals surface area contributed by atoms with Crippen LogP contribution in [0.4, 0.5) is 0 Å². The summed E-state index contributed by atoms with van der Waals surface area (Å²) < 4.78 is 5.59. The van der Waals surface area contributed by atoms with Gasteiger partial charge in [-0.05, 0) is 12.1 Å². The summed E-state index contributed by atoms with van der Waals surface area (Å²) in [5.41, 5.74) is 0. The van der Waals surface area contributed by atoms with Gasteiger partial charge in [0.25, 0.3) is 0 Å². The molecular weight excluding hydrogens is 228 g/mol. The van der Waals surface area contributed by atoms with Crippen molar-refractivity contribution < 1.29 is 4.74 Å². The smallest absolute Gasteiger partial charge is 0.127 e. The Labute approximate surface area is 99.4 Å². The van der Waals surface area contributed by atoms with Gasteiger partial charge in [-0.3, -0.25) is 0 Å². The lowest BCUT2D eigenvalue weighted by molar-refractivity contribution is 0.348. The van der Waals surface area contributed by atoms with E-state index in [0.29, 0.717) is 12.4 Å². The summed E-state index contributed by atoms with van der Waals surface area (Å²) in [6.45, 7) is 0.606. The highest BCUT2D eigenvalue weighted by molar-refractivity contribution is 7.80. The van der Waals surface area contributed by atoms with Crippen molar-refractivity contribution >= 4 is 35.0 Å². The van der Waals surface area contributed by atoms with Gasteiger partial charge >= 0.3 is 0 Å². The van der Waals surface area contributed by atoms with E-state index in [-0.39, 0.29) is 0 Å². The summed E-state index contributed by atoms with van der Waals surface area (Å²) >= 11 is 10.2.